The maximum absolute atomic E-state index is 4.84. The van der Waals surface area contributed by atoms with Crippen LogP contribution in [-0.2, 0) is 13.1 Å². The Kier molecular flexibility index (Phi) is 5.30. The van der Waals surface area contributed by atoms with Crippen LogP contribution in [0.15, 0.2) is 5.38 Å². The molecular formula is C17H29N3S. The van der Waals surface area contributed by atoms with Gasteiger partial charge >= 0.3 is 0 Å². The first kappa shape index (κ1) is 15.4. The van der Waals surface area contributed by atoms with Gasteiger partial charge in [0.25, 0.3) is 0 Å². The molecule has 3 rings (SSSR count). The Bertz CT molecular complexity index is 433. The highest BCUT2D eigenvalue weighted by atomic mass is 32.1. The molecule has 3 nitrogen and oxygen atoms in total. The first-order chi connectivity index (χ1) is 10.2. The summed E-state index contributed by atoms with van der Waals surface area (Å²) in [5.74, 6) is 0.736. The first-order valence-electron chi connectivity index (χ1n) is 8.61. The fraction of sp³-hybridized carbons (Fsp3) is 0.824. The molecule has 0 aliphatic heterocycles. The molecular weight excluding hydrogens is 278 g/mol. The van der Waals surface area contributed by atoms with Gasteiger partial charge in [-0.05, 0) is 31.6 Å². The van der Waals surface area contributed by atoms with Crippen molar-refractivity contribution in [3.05, 3.63) is 16.1 Å². The molecule has 118 valence electrons. The molecule has 0 saturated heterocycles. The average molecular weight is 308 g/mol. The highest BCUT2D eigenvalue weighted by Crippen LogP contribution is 2.26. The molecule has 0 unspecified atom stereocenters. The maximum atomic E-state index is 4.84. The van der Waals surface area contributed by atoms with Crippen LogP contribution in [0, 0.1) is 5.92 Å². The number of nitrogens with zero attached hydrogens (tertiary/aromatic N) is 2. The summed E-state index contributed by atoms with van der Waals surface area (Å²) >= 11 is 1.82. The van der Waals surface area contributed by atoms with Gasteiger partial charge in [-0.2, -0.15) is 0 Å². The molecule has 0 radical (unpaired) electrons. The normalized spacial score (nSPS) is 20.0. The lowest BCUT2D eigenvalue weighted by Gasteiger charge is -2.29. The third-order valence-electron chi connectivity index (χ3n) is 4.52. The van der Waals surface area contributed by atoms with Crippen LogP contribution < -0.4 is 5.32 Å². The summed E-state index contributed by atoms with van der Waals surface area (Å²) in [4.78, 5) is 7.53. The Hall–Kier alpha value is -0.450. The van der Waals surface area contributed by atoms with Gasteiger partial charge < -0.3 is 5.32 Å². The summed E-state index contributed by atoms with van der Waals surface area (Å²) in [7, 11) is 0. The van der Waals surface area contributed by atoms with E-state index in [9.17, 15) is 0 Å². The van der Waals surface area contributed by atoms with E-state index in [2.05, 4.69) is 29.4 Å². The summed E-state index contributed by atoms with van der Waals surface area (Å²) in [6.07, 6.45) is 8.28. The van der Waals surface area contributed by atoms with Gasteiger partial charge in [0, 0.05) is 37.1 Å². The molecule has 21 heavy (non-hydrogen) atoms. The van der Waals surface area contributed by atoms with Crippen molar-refractivity contribution in [3.63, 3.8) is 0 Å². The van der Waals surface area contributed by atoms with Crippen LogP contribution in [0.5, 0.6) is 0 Å². The van der Waals surface area contributed by atoms with Crippen molar-refractivity contribution in [2.45, 2.75) is 77.5 Å². The maximum Gasteiger partial charge on any atom is 0.107 e. The lowest BCUT2D eigenvalue weighted by atomic mass is 10.1. The third kappa shape index (κ3) is 4.76. The monoisotopic (exact) mass is 307 g/mol. The molecule has 1 heterocycles. The highest BCUT2D eigenvalue weighted by molar-refractivity contribution is 7.09. The summed E-state index contributed by atoms with van der Waals surface area (Å²) in [6, 6.07) is 1.57. The van der Waals surface area contributed by atoms with E-state index >= 15 is 0 Å². The Morgan fingerprint density at radius 2 is 2.05 bits per heavy atom. The lowest BCUT2D eigenvalue weighted by Crippen LogP contribution is -2.35. The zero-order chi connectivity index (χ0) is 14.7. The van der Waals surface area contributed by atoms with Crippen molar-refractivity contribution in [2.24, 2.45) is 5.92 Å². The van der Waals surface area contributed by atoms with Crippen molar-refractivity contribution in [1.82, 2.24) is 15.2 Å². The molecule has 2 aliphatic rings. The quantitative estimate of drug-likeness (QED) is 0.792. The van der Waals surface area contributed by atoms with Crippen molar-refractivity contribution in [3.8, 4) is 0 Å². The van der Waals surface area contributed by atoms with Gasteiger partial charge in [-0.1, -0.05) is 26.7 Å². The number of thiazole rings is 1. The summed E-state index contributed by atoms with van der Waals surface area (Å²) in [5.41, 5.74) is 1.28. The zero-order valence-electron chi connectivity index (χ0n) is 13.5. The molecule has 0 atom stereocenters. The molecule has 2 aliphatic carbocycles. The lowest BCUT2D eigenvalue weighted by molar-refractivity contribution is 0.167. The highest BCUT2D eigenvalue weighted by Gasteiger charge is 2.24. The van der Waals surface area contributed by atoms with E-state index in [-0.39, 0.29) is 0 Å². The number of rotatable bonds is 8. The van der Waals surface area contributed by atoms with Crippen LogP contribution >= 0.6 is 11.3 Å². The number of hydrogen-bond donors (Lipinski definition) is 1. The van der Waals surface area contributed by atoms with Gasteiger partial charge in [0.05, 0.1) is 5.69 Å². The molecule has 1 aromatic heterocycles. The van der Waals surface area contributed by atoms with E-state index in [0.29, 0.717) is 0 Å². The van der Waals surface area contributed by atoms with Crippen molar-refractivity contribution in [2.75, 3.05) is 6.54 Å². The smallest absolute Gasteiger partial charge is 0.107 e. The molecule has 2 fully saturated rings. The summed E-state index contributed by atoms with van der Waals surface area (Å²) in [5, 5.41) is 7.09. The van der Waals surface area contributed by atoms with E-state index in [1.54, 1.807) is 0 Å². The van der Waals surface area contributed by atoms with Crippen LogP contribution in [0.25, 0.3) is 0 Å². The Morgan fingerprint density at radius 1 is 1.29 bits per heavy atom. The van der Waals surface area contributed by atoms with E-state index in [1.807, 2.05) is 11.3 Å². The predicted octanol–water partition coefficient (Wildman–Crippen LogP) is 3.80. The predicted molar refractivity (Wildman–Crippen MR) is 89.5 cm³/mol. The topological polar surface area (TPSA) is 28.2 Å². The van der Waals surface area contributed by atoms with Gasteiger partial charge in [0.2, 0.25) is 0 Å². The molecule has 1 N–H and O–H groups in total. The Morgan fingerprint density at radius 3 is 2.71 bits per heavy atom. The Labute approximate surface area is 133 Å². The molecule has 2 saturated carbocycles. The van der Waals surface area contributed by atoms with Crippen LogP contribution in [0.3, 0.4) is 0 Å². The summed E-state index contributed by atoms with van der Waals surface area (Å²) < 4.78 is 0. The number of aromatic nitrogens is 1. The largest absolute Gasteiger partial charge is 0.308 e. The van der Waals surface area contributed by atoms with Gasteiger partial charge in [-0.15, -0.1) is 11.3 Å². The van der Waals surface area contributed by atoms with Crippen molar-refractivity contribution in [1.29, 1.82) is 0 Å². The van der Waals surface area contributed by atoms with E-state index in [0.717, 1.165) is 31.1 Å². The molecule has 0 amide bonds. The first-order valence-corrected chi connectivity index (χ1v) is 9.49. The minimum absolute atomic E-state index is 0.736. The fourth-order valence-electron chi connectivity index (χ4n) is 3.31. The third-order valence-corrected chi connectivity index (χ3v) is 5.42. The average Bonchev–Trinajstić information content (AvgIpc) is 2.94. The minimum Gasteiger partial charge on any atom is -0.308 e. The van der Waals surface area contributed by atoms with E-state index in [1.165, 1.54) is 55.8 Å². The van der Waals surface area contributed by atoms with E-state index < -0.39 is 0 Å². The SMILES string of the molecule is CC(C)CN(Cc1csc(CNC2CC2)n1)C1CCCC1. The summed E-state index contributed by atoms with van der Waals surface area (Å²) in [6.45, 7) is 7.87. The van der Waals surface area contributed by atoms with E-state index in [4.69, 9.17) is 4.98 Å². The Balaban J connectivity index is 1.55. The van der Waals surface area contributed by atoms with Crippen LogP contribution in [0.4, 0.5) is 0 Å². The van der Waals surface area contributed by atoms with Crippen LogP contribution in [-0.4, -0.2) is 28.5 Å². The van der Waals surface area contributed by atoms with Gasteiger partial charge in [0.15, 0.2) is 0 Å². The molecule has 0 aromatic carbocycles. The zero-order valence-corrected chi connectivity index (χ0v) is 14.3. The van der Waals surface area contributed by atoms with Crippen molar-refractivity contribution < 1.29 is 0 Å². The number of nitrogens with one attached hydrogen (secondary N) is 1. The van der Waals surface area contributed by atoms with Crippen LogP contribution in [0.2, 0.25) is 0 Å². The molecule has 1 aromatic rings. The van der Waals surface area contributed by atoms with Gasteiger partial charge in [-0.3, -0.25) is 4.90 Å². The van der Waals surface area contributed by atoms with Gasteiger partial charge in [0.1, 0.15) is 5.01 Å². The fourth-order valence-corrected chi connectivity index (χ4v) is 4.05. The number of hydrogen-bond acceptors (Lipinski definition) is 4. The molecule has 0 bridgehead atoms. The van der Waals surface area contributed by atoms with Crippen molar-refractivity contribution >= 4 is 11.3 Å². The molecule has 0 spiro atoms. The van der Waals surface area contributed by atoms with Crippen LogP contribution in [0.1, 0.15) is 63.1 Å². The second-order valence-electron chi connectivity index (χ2n) is 7.15. The standard InChI is InChI=1S/C17H29N3S/c1-13(2)10-20(16-5-3-4-6-16)11-15-12-21-17(19-15)9-18-14-7-8-14/h12-14,16,18H,3-11H2,1-2H3. The second-order valence-corrected chi connectivity index (χ2v) is 8.09. The second kappa shape index (κ2) is 7.21. The molecule has 4 heteroatoms. The minimum atomic E-state index is 0.736. The van der Waals surface area contributed by atoms with Gasteiger partial charge in [-0.25, -0.2) is 4.98 Å².